The summed E-state index contributed by atoms with van der Waals surface area (Å²) >= 11 is 0. The molecule has 0 radical (unpaired) electrons. The summed E-state index contributed by atoms with van der Waals surface area (Å²) in [5.74, 6) is -0.753. The number of carbonyl (C=O) groups is 1. The lowest BCUT2D eigenvalue weighted by atomic mass is 9.91. The Labute approximate surface area is 99.8 Å². The van der Waals surface area contributed by atoms with Gasteiger partial charge < -0.3 is 10.0 Å². The summed E-state index contributed by atoms with van der Waals surface area (Å²) in [7, 11) is 2.00. The summed E-state index contributed by atoms with van der Waals surface area (Å²) in [5.41, 5.74) is 0.310. The van der Waals surface area contributed by atoms with Crippen LogP contribution in [0.15, 0.2) is 0 Å². The molecule has 0 aromatic rings. The number of hydrogen-bond acceptors (Lipinski definition) is 2. The lowest BCUT2D eigenvalue weighted by Crippen LogP contribution is -2.35. The molecule has 0 bridgehead atoms. The lowest BCUT2D eigenvalue weighted by Gasteiger charge is -2.27. The van der Waals surface area contributed by atoms with E-state index in [0.29, 0.717) is 12.0 Å². The monoisotopic (exact) mass is 229 g/mol. The molecule has 0 aromatic heterocycles. The van der Waals surface area contributed by atoms with Crippen LogP contribution >= 0.6 is 0 Å². The summed E-state index contributed by atoms with van der Waals surface area (Å²) in [4.78, 5) is 13.2. The Morgan fingerprint density at radius 2 is 1.81 bits per heavy atom. The zero-order chi connectivity index (χ0) is 12.9. The fraction of sp³-hybridized carbons (Fsp3) is 0.923. The van der Waals surface area contributed by atoms with E-state index in [0.717, 1.165) is 13.0 Å². The molecule has 1 atom stereocenters. The first-order valence-corrected chi connectivity index (χ1v) is 6.05. The molecular weight excluding hydrogens is 202 g/mol. The summed E-state index contributed by atoms with van der Waals surface area (Å²) in [5, 5.41) is 9.09. The maximum atomic E-state index is 11.1. The zero-order valence-corrected chi connectivity index (χ0v) is 11.6. The minimum atomic E-state index is -0.683. The van der Waals surface area contributed by atoms with Gasteiger partial charge in [0, 0.05) is 6.54 Å². The van der Waals surface area contributed by atoms with Crippen LogP contribution in [0, 0.1) is 17.3 Å². The van der Waals surface area contributed by atoms with Crippen LogP contribution in [0.25, 0.3) is 0 Å². The quantitative estimate of drug-likeness (QED) is 0.761. The maximum Gasteiger partial charge on any atom is 0.308 e. The predicted octanol–water partition coefficient (Wildman–Crippen LogP) is 2.71. The van der Waals surface area contributed by atoms with Gasteiger partial charge in [-0.1, -0.05) is 34.6 Å². The minimum Gasteiger partial charge on any atom is -0.481 e. The van der Waals surface area contributed by atoms with Gasteiger partial charge in [0.2, 0.25) is 0 Å². The molecule has 3 heteroatoms. The van der Waals surface area contributed by atoms with Crippen molar-refractivity contribution < 1.29 is 9.90 Å². The molecule has 0 heterocycles. The molecule has 0 fully saturated rings. The highest BCUT2D eigenvalue weighted by atomic mass is 16.4. The third-order valence-corrected chi connectivity index (χ3v) is 2.87. The van der Waals surface area contributed by atoms with Gasteiger partial charge in [-0.3, -0.25) is 4.79 Å². The van der Waals surface area contributed by atoms with Crippen molar-refractivity contribution in [2.75, 3.05) is 20.1 Å². The van der Waals surface area contributed by atoms with Gasteiger partial charge in [0.15, 0.2) is 0 Å². The highest BCUT2D eigenvalue weighted by molar-refractivity contribution is 5.70. The van der Waals surface area contributed by atoms with E-state index < -0.39 is 5.97 Å². The first kappa shape index (κ1) is 15.4. The molecule has 0 aliphatic rings. The van der Waals surface area contributed by atoms with E-state index in [1.165, 1.54) is 0 Å². The van der Waals surface area contributed by atoms with E-state index >= 15 is 0 Å². The number of carboxylic acid groups (broad SMARTS) is 1. The Balaban J connectivity index is 4.11. The van der Waals surface area contributed by atoms with Gasteiger partial charge in [-0.2, -0.15) is 0 Å². The van der Waals surface area contributed by atoms with Crippen molar-refractivity contribution in [3.63, 3.8) is 0 Å². The Morgan fingerprint density at radius 3 is 2.12 bits per heavy atom. The van der Waals surface area contributed by atoms with Crippen molar-refractivity contribution in [3.8, 4) is 0 Å². The van der Waals surface area contributed by atoms with Crippen LogP contribution < -0.4 is 0 Å². The van der Waals surface area contributed by atoms with Gasteiger partial charge in [-0.15, -0.1) is 0 Å². The molecule has 0 saturated carbocycles. The standard InChI is InChI=1S/C13H27NO2/c1-10(2)11(12(15)16)9-14(6)8-7-13(3,4)5/h10-11H,7-9H2,1-6H3,(H,15,16). The third kappa shape index (κ3) is 6.83. The van der Waals surface area contributed by atoms with Crippen molar-refractivity contribution in [2.24, 2.45) is 17.3 Å². The van der Waals surface area contributed by atoms with Crippen LogP contribution in [0.2, 0.25) is 0 Å². The second-order valence-electron chi connectivity index (χ2n) is 6.26. The number of nitrogens with zero attached hydrogens (tertiary/aromatic N) is 1. The van der Waals surface area contributed by atoms with Crippen LogP contribution in [-0.2, 0) is 4.79 Å². The fourth-order valence-electron chi connectivity index (χ4n) is 1.53. The van der Waals surface area contributed by atoms with Gasteiger partial charge >= 0.3 is 5.97 Å². The van der Waals surface area contributed by atoms with Gasteiger partial charge in [-0.05, 0) is 31.3 Å². The van der Waals surface area contributed by atoms with Gasteiger partial charge in [0.1, 0.15) is 0 Å². The summed E-state index contributed by atoms with van der Waals surface area (Å²) in [6, 6.07) is 0. The summed E-state index contributed by atoms with van der Waals surface area (Å²) < 4.78 is 0. The van der Waals surface area contributed by atoms with Crippen LogP contribution in [-0.4, -0.2) is 36.1 Å². The Hall–Kier alpha value is -0.570. The van der Waals surface area contributed by atoms with Crippen LogP contribution in [0.4, 0.5) is 0 Å². The second kappa shape index (κ2) is 6.24. The normalized spacial score (nSPS) is 14.5. The molecule has 96 valence electrons. The lowest BCUT2D eigenvalue weighted by molar-refractivity contribution is -0.143. The molecule has 0 aliphatic heterocycles. The van der Waals surface area contributed by atoms with E-state index in [1.807, 2.05) is 20.9 Å². The maximum absolute atomic E-state index is 11.1. The van der Waals surface area contributed by atoms with Crippen LogP contribution in [0.3, 0.4) is 0 Å². The first-order valence-electron chi connectivity index (χ1n) is 6.05. The molecule has 0 aromatic carbocycles. The van der Waals surface area contributed by atoms with Crippen molar-refractivity contribution >= 4 is 5.97 Å². The topological polar surface area (TPSA) is 40.5 Å². The highest BCUT2D eigenvalue weighted by Gasteiger charge is 2.23. The minimum absolute atomic E-state index is 0.189. The molecular formula is C13H27NO2. The van der Waals surface area contributed by atoms with Crippen LogP contribution in [0.1, 0.15) is 41.0 Å². The summed E-state index contributed by atoms with van der Waals surface area (Å²) in [6.45, 7) is 12.2. The summed E-state index contributed by atoms with van der Waals surface area (Å²) in [6.07, 6.45) is 1.09. The average molecular weight is 229 g/mol. The fourth-order valence-corrected chi connectivity index (χ4v) is 1.53. The number of aliphatic carboxylic acids is 1. The molecule has 0 amide bonds. The number of hydrogen-bond donors (Lipinski definition) is 1. The van der Waals surface area contributed by atoms with Gasteiger partial charge in [0.25, 0.3) is 0 Å². The van der Waals surface area contributed by atoms with E-state index in [4.69, 9.17) is 5.11 Å². The molecule has 1 N–H and O–H groups in total. The molecule has 0 aliphatic carbocycles. The number of carboxylic acids is 1. The molecule has 16 heavy (non-hydrogen) atoms. The highest BCUT2D eigenvalue weighted by Crippen LogP contribution is 2.19. The van der Waals surface area contributed by atoms with E-state index in [2.05, 4.69) is 25.7 Å². The Bertz CT molecular complexity index is 218. The van der Waals surface area contributed by atoms with Crippen molar-refractivity contribution in [1.82, 2.24) is 4.90 Å². The van der Waals surface area contributed by atoms with Gasteiger partial charge in [0.05, 0.1) is 5.92 Å². The first-order chi connectivity index (χ1) is 7.13. The number of rotatable bonds is 6. The van der Waals surface area contributed by atoms with Crippen molar-refractivity contribution in [1.29, 1.82) is 0 Å². The second-order valence-corrected chi connectivity index (χ2v) is 6.26. The Kier molecular flexibility index (Phi) is 6.01. The van der Waals surface area contributed by atoms with Crippen LogP contribution in [0.5, 0.6) is 0 Å². The van der Waals surface area contributed by atoms with E-state index in [1.54, 1.807) is 0 Å². The largest absolute Gasteiger partial charge is 0.481 e. The smallest absolute Gasteiger partial charge is 0.308 e. The molecule has 3 nitrogen and oxygen atoms in total. The SMILES string of the molecule is CC(C)C(CN(C)CCC(C)(C)C)C(=O)O. The zero-order valence-electron chi connectivity index (χ0n) is 11.6. The van der Waals surface area contributed by atoms with E-state index in [-0.39, 0.29) is 11.8 Å². The average Bonchev–Trinajstić information content (AvgIpc) is 2.08. The third-order valence-electron chi connectivity index (χ3n) is 2.87. The van der Waals surface area contributed by atoms with E-state index in [9.17, 15) is 4.79 Å². The predicted molar refractivity (Wildman–Crippen MR) is 67.5 cm³/mol. The van der Waals surface area contributed by atoms with Crippen molar-refractivity contribution in [2.45, 2.75) is 41.0 Å². The van der Waals surface area contributed by atoms with Crippen molar-refractivity contribution in [3.05, 3.63) is 0 Å². The molecule has 1 unspecified atom stereocenters. The molecule has 0 spiro atoms. The molecule has 0 saturated heterocycles. The van der Waals surface area contributed by atoms with Gasteiger partial charge in [-0.25, -0.2) is 0 Å². The molecule has 0 rings (SSSR count). The Morgan fingerprint density at radius 1 is 1.31 bits per heavy atom.